The first-order chi connectivity index (χ1) is 5.27. The van der Waals surface area contributed by atoms with E-state index in [0.29, 0.717) is 19.5 Å². The van der Waals surface area contributed by atoms with Gasteiger partial charge in [-0.2, -0.15) is 0 Å². The Morgan fingerprint density at radius 1 is 1.45 bits per heavy atom. The van der Waals surface area contributed by atoms with Gasteiger partial charge in [0.05, 0.1) is 6.61 Å². The molecule has 0 saturated heterocycles. The summed E-state index contributed by atoms with van der Waals surface area (Å²) in [5, 5.41) is 11.3. The lowest BCUT2D eigenvalue weighted by atomic mass is 10.4. The first-order valence-corrected chi connectivity index (χ1v) is 4.71. The molecule has 0 spiro atoms. The lowest BCUT2D eigenvalue weighted by molar-refractivity contribution is 0.268. The Bertz CT molecular complexity index is 111. The molecule has 6 heteroatoms. The van der Waals surface area contributed by atoms with E-state index in [0.717, 1.165) is 0 Å². The van der Waals surface area contributed by atoms with Gasteiger partial charge in [0, 0.05) is 13.2 Å². The number of rotatable bonds is 7. The van der Waals surface area contributed by atoms with Crippen LogP contribution in [-0.4, -0.2) is 36.3 Å². The zero-order valence-electron chi connectivity index (χ0n) is 6.25. The molecule has 11 heavy (non-hydrogen) atoms. The maximum atomic E-state index is 9.98. The zero-order valence-corrected chi connectivity index (χ0v) is 7.25. The SMILES string of the molecule is O=[PH](O)OCCNCCCO. The third-order valence-electron chi connectivity index (χ3n) is 1.02. The minimum absolute atomic E-state index is 0.157. The topological polar surface area (TPSA) is 78.8 Å². The molecule has 0 aromatic rings. The van der Waals surface area contributed by atoms with E-state index < -0.39 is 8.25 Å². The second-order valence-electron chi connectivity index (χ2n) is 1.94. The molecule has 3 N–H and O–H groups in total. The van der Waals surface area contributed by atoms with Gasteiger partial charge < -0.3 is 19.8 Å². The van der Waals surface area contributed by atoms with Crippen molar-refractivity contribution < 1.29 is 19.1 Å². The van der Waals surface area contributed by atoms with Gasteiger partial charge in [0.2, 0.25) is 0 Å². The number of aliphatic hydroxyl groups is 1. The summed E-state index contributed by atoms with van der Waals surface area (Å²) in [6.07, 6.45) is 0.689. The fourth-order valence-electron chi connectivity index (χ4n) is 0.540. The van der Waals surface area contributed by atoms with E-state index in [4.69, 9.17) is 10.00 Å². The van der Waals surface area contributed by atoms with E-state index in [1.54, 1.807) is 0 Å². The molecule has 0 saturated carbocycles. The first-order valence-electron chi connectivity index (χ1n) is 3.44. The third-order valence-corrected chi connectivity index (χ3v) is 1.47. The Balaban J connectivity index is 2.85. The van der Waals surface area contributed by atoms with Crippen molar-refractivity contribution in [2.45, 2.75) is 6.42 Å². The highest BCUT2D eigenvalue weighted by molar-refractivity contribution is 7.32. The van der Waals surface area contributed by atoms with Crippen LogP contribution in [0.25, 0.3) is 0 Å². The summed E-state index contributed by atoms with van der Waals surface area (Å²) >= 11 is 0. The van der Waals surface area contributed by atoms with Crippen LogP contribution in [-0.2, 0) is 9.09 Å². The van der Waals surface area contributed by atoms with Crippen LogP contribution in [0.1, 0.15) is 6.42 Å². The number of nitrogens with one attached hydrogen (secondary N) is 1. The third kappa shape index (κ3) is 10.1. The Labute approximate surface area is 66.3 Å². The molecule has 0 radical (unpaired) electrons. The number of aliphatic hydroxyl groups excluding tert-OH is 1. The molecule has 0 heterocycles. The van der Waals surface area contributed by atoms with Gasteiger partial charge in [0.1, 0.15) is 0 Å². The van der Waals surface area contributed by atoms with Crippen molar-refractivity contribution >= 4 is 8.25 Å². The Morgan fingerprint density at radius 3 is 2.73 bits per heavy atom. The van der Waals surface area contributed by atoms with Crippen LogP contribution in [0.15, 0.2) is 0 Å². The van der Waals surface area contributed by atoms with Crippen LogP contribution >= 0.6 is 8.25 Å². The fourth-order valence-corrected chi connectivity index (χ4v) is 0.816. The standard InChI is InChI=1S/C5H14NO4P/c7-4-1-2-6-3-5-10-11(8)9/h6-7,11H,1-5H2,(H,8,9). The van der Waals surface area contributed by atoms with Gasteiger partial charge in [-0.05, 0) is 13.0 Å². The minimum Gasteiger partial charge on any atom is -0.396 e. The molecule has 0 aliphatic rings. The van der Waals surface area contributed by atoms with Crippen LogP contribution in [0.5, 0.6) is 0 Å². The van der Waals surface area contributed by atoms with Crippen molar-refractivity contribution in [2.75, 3.05) is 26.3 Å². The van der Waals surface area contributed by atoms with Crippen LogP contribution in [0.3, 0.4) is 0 Å². The van der Waals surface area contributed by atoms with Crippen molar-refractivity contribution in [3.8, 4) is 0 Å². The predicted octanol–water partition coefficient (Wildman–Crippen LogP) is -0.643. The van der Waals surface area contributed by atoms with E-state index >= 15 is 0 Å². The first kappa shape index (κ1) is 11.1. The molecule has 0 rings (SSSR count). The van der Waals surface area contributed by atoms with Gasteiger partial charge in [-0.3, -0.25) is 4.57 Å². The van der Waals surface area contributed by atoms with Gasteiger partial charge >= 0.3 is 8.25 Å². The summed E-state index contributed by atoms with van der Waals surface area (Å²) in [5.41, 5.74) is 0. The summed E-state index contributed by atoms with van der Waals surface area (Å²) in [6.45, 7) is 1.63. The number of hydrogen-bond acceptors (Lipinski definition) is 4. The van der Waals surface area contributed by atoms with Gasteiger partial charge in [-0.15, -0.1) is 0 Å². The number of hydrogen-bond donors (Lipinski definition) is 3. The molecule has 0 aliphatic carbocycles. The molecular formula is C5H14NO4P. The quantitative estimate of drug-likeness (QED) is 0.361. The summed E-state index contributed by atoms with van der Waals surface area (Å²) in [6, 6.07) is 0. The Kier molecular flexibility index (Phi) is 8.22. The molecule has 0 amide bonds. The van der Waals surface area contributed by atoms with Crippen molar-refractivity contribution in [3.63, 3.8) is 0 Å². The highest BCUT2D eigenvalue weighted by atomic mass is 31.1. The van der Waals surface area contributed by atoms with E-state index in [-0.39, 0.29) is 13.2 Å². The Morgan fingerprint density at radius 2 is 2.18 bits per heavy atom. The molecule has 1 atom stereocenters. The summed E-state index contributed by atoms with van der Waals surface area (Å²) < 4.78 is 14.4. The maximum absolute atomic E-state index is 9.98. The van der Waals surface area contributed by atoms with E-state index in [1.807, 2.05) is 0 Å². The molecule has 68 valence electrons. The van der Waals surface area contributed by atoms with Crippen LogP contribution in [0.2, 0.25) is 0 Å². The van der Waals surface area contributed by atoms with E-state index in [9.17, 15) is 4.57 Å². The minimum atomic E-state index is -2.77. The average Bonchev–Trinajstić information content (AvgIpc) is 1.96. The highest BCUT2D eigenvalue weighted by Crippen LogP contribution is 2.12. The smallest absolute Gasteiger partial charge is 0.316 e. The largest absolute Gasteiger partial charge is 0.396 e. The van der Waals surface area contributed by atoms with Crippen LogP contribution in [0.4, 0.5) is 0 Å². The molecular weight excluding hydrogens is 169 g/mol. The lowest BCUT2D eigenvalue weighted by Crippen LogP contribution is -2.20. The maximum Gasteiger partial charge on any atom is 0.316 e. The zero-order chi connectivity index (χ0) is 8.53. The molecule has 0 aromatic heterocycles. The molecule has 0 bridgehead atoms. The normalized spacial score (nSPS) is 13.3. The lowest BCUT2D eigenvalue weighted by Gasteiger charge is -2.01. The monoisotopic (exact) mass is 183 g/mol. The summed E-state index contributed by atoms with van der Waals surface area (Å²) in [7, 11) is -2.77. The fraction of sp³-hybridized carbons (Fsp3) is 1.00. The van der Waals surface area contributed by atoms with Crippen LogP contribution in [0, 0.1) is 0 Å². The summed E-state index contributed by atoms with van der Waals surface area (Å²) in [5.74, 6) is 0. The van der Waals surface area contributed by atoms with Crippen LogP contribution < -0.4 is 5.32 Å². The molecule has 1 unspecified atom stereocenters. The molecule has 0 aromatic carbocycles. The van der Waals surface area contributed by atoms with E-state index in [1.165, 1.54) is 0 Å². The van der Waals surface area contributed by atoms with Gasteiger partial charge in [0.15, 0.2) is 0 Å². The molecule has 5 nitrogen and oxygen atoms in total. The highest BCUT2D eigenvalue weighted by Gasteiger charge is 1.90. The van der Waals surface area contributed by atoms with Crippen molar-refractivity contribution in [1.29, 1.82) is 0 Å². The van der Waals surface area contributed by atoms with Crippen molar-refractivity contribution in [1.82, 2.24) is 5.32 Å². The van der Waals surface area contributed by atoms with Crippen molar-refractivity contribution in [3.05, 3.63) is 0 Å². The molecule has 0 aliphatic heterocycles. The van der Waals surface area contributed by atoms with Crippen molar-refractivity contribution in [2.24, 2.45) is 0 Å². The van der Waals surface area contributed by atoms with Gasteiger partial charge in [-0.25, -0.2) is 0 Å². The second-order valence-corrected chi connectivity index (χ2v) is 2.76. The second kappa shape index (κ2) is 8.17. The van der Waals surface area contributed by atoms with E-state index in [2.05, 4.69) is 9.84 Å². The predicted molar refractivity (Wildman–Crippen MR) is 41.7 cm³/mol. The molecule has 0 fully saturated rings. The summed E-state index contributed by atoms with van der Waals surface area (Å²) in [4.78, 5) is 8.21. The Hall–Kier alpha value is 0.0700. The average molecular weight is 183 g/mol. The van der Waals surface area contributed by atoms with Gasteiger partial charge in [0.25, 0.3) is 0 Å². The van der Waals surface area contributed by atoms with Gasteiger partial charge in [-0.1, -0.05) is 0 Å².